The summed E-state index contributed by atoms with van der Waals surface area (Å²) in [6, 6.07) is 20.9. The summed E-state index contributed by atoms with van der Waals surface area (Å²) in [4.78, 5) is 17.0. The highest BCUT2D eigenvalue weighted by Gasteiger charge is 2.11. The highest BCUT2D eigenvalue weighted by Crippen LogP contribution is 2.27. The Labute approximate surface area is 151 Å². The van der Waals surface area contributed by atoms with Gasteiger partial charge in [-0.2, -0.15) is 0 Å². The molecule has 0 aliphatic rings. The summed E-state index contributed by atoms with van der Waals surface area (Å²) >= 11 is 0. The molecule has 0 bridgehead atoms. The molecule has 0 aliphatic carbocycles. The number of nitrogens with zero attached hydrogens (tertiary/aromatic N) is 1. The van der Waals surface area contributed by atoms with E-state index in [0.717, 1.165) is 27.8 Å². The predicted octanol–water partition coefficient (Wildman–Crippen LogP) is 5.36. The third-order valence-corrected chi connectivity index (χ3v) is 4.27. The first-order valence-electron chi connectivity index (χ1n) is 8.45. The number of amides is 1. The molecule has 0 fully saturated rings. The summed E-state index contributed by atoms with van der Waals surface area (Å²) < 4.78 is 5.87. The highest BCUT2D eigenvalue weighted by atomic mass is 16.3. The zero-order valence-electron chi connectivity index (χ0n) is 14.6. The number of carbonyl (C=O) groups is 1. The van der Waals surface area contributed by atoms with Crippen molar-refractivity contribution < 1.29 is 9.21 Å². The molecule has 128 valence electrons. The van der Waals surface area contributed by atoms with Gasteiger partial charge in [0.25, 0.3) is 5.91 Å². The molecule has 4 rings (SSSR count). The van der Waals surface area contributed by atoms with Gasteiger partial charge in [-0.15, -0.1) is 0 Å². The third kappa shape index (κ3) is 3.09. The van der Waals surface area contributed by atoms with Crippen LogP contribution in [0.15, 0.2) is 71.1 Å². The maximum absolute atomic E-state index is 12.4. The van der Waals surface area contributed by atoms with E-state index in [4.69, 9.17) is 4.42 Å². The summed E-state index contributed by atoms with van der Waals surface area (Å²) in [6.07, 6.45) is 0. The van der Waals surface area contributed by atoms with Crippen molar-refractivity contribution >= 4 is 22.7 Å². The van der Waals surface area contributed by atoms with Crippen molar-refractivity contribution in [2.75, 3.05) is 5.32 Å². The van der Waals surface area contributed by atoms with E-state index < -0.39 is 0 Å². The van der Waals surface area contributed by atoms with Crippen molar-refractivity contribution in [2.45, 2.75) is 13.8 Å². The smallest absolute Gasteiger partial charge is 0.255 e. The first-order valence-corrected chi connectivity index (χ1v) is 8.45. The van der Waals surface area contributed by atoms with Gasteiger partial charge in [0.05, 0.1) is 0 Å². The Balaban J connectivity index is 1.64. The quantitative estimate of drug-likeness (QED) is 0.545. The van der Waals surface area contributed by atoms with E-state index in [0.29, 0.717) is 17.1 Å². The van der Waals surface area contributed by atoms with Crippen LogP contribution in [0.4, 0.5) is 5.69 Å². The minimum absolute atomic E-state index is 0.140. The number of para-hydroxylation sites is 1. The van der Waals surface area contributed by atoms with Gasteiger partial charge in [0.1, 0.15) is 5.52 Å². The number of hydrogen-bond acceptors (Lipinski definition) is 3. The normalized spacial score (nSPS) is 10.8. The first kappa shape index (κ1) is 16.1. The number of aromatic nitrogens is 1. The van der Waals surface area contributed by atoms with Crippen LogP contribution in [0, 0.1) is 13.8 Å². The fraction of sp³-hybridized carbons (Fsp3) is 0.0909. The highest BCUT2D eigenvalue weighted by molar-refractivity contribution is 6.04. The molecule has 0 radical (unpaired) electrons. The van der Waals surface area contributed by atoms with E-state index >= 15 is 0 Å². The van der Waals surface area contributed by atoms with E-state index in [2.05, 4.69) is 10.3 Å². The molecule has 1 amide bonds. The summed E-state index contributed by atoms with van der Waals surface area (Å²) in [6.45, 7) is 3.97. The number of hydrogen-bond donors (Lipinski definition) is 1. The van der Waals surface area contributed by atoms with Gasteiger partial charge >= 0.3 is 0 Å². The summed E-state index contributed by atoms with van der Waals surface area (Å²) in [5.41, 5.74) is 5.89. The predicted molar refractivity (Wildman–Crippen MR) is 103 cm³/mol. The number of aryl methyl sites for hydroxylation is 2. The van der Waals surface area contributed by atoms with Crippen LogP contribution in [0.2, 0.25) is 0 Å². The van der Waals surface area contributed by atoms with Gasteiger partial charge in [0, 0.05) is 16.8 Å². The van der Waals surface area contributed by atoms with Gasteiger partial charge in [-0.05, 0) is 55.8 Å². The topological polar surface area (TPSA) is 55.1 Å². The van der Waals surface area contributed by atoms with Crippen LogP contribution in [0.25, 0.3) is 22.6 Å². The summed E-state index contributed by atoms with van der Waals surface area (Å²) in [5, 5.41) is 2.93. The molecule has 0 unspecified atom stereocenters. The van der Waals surface area contributed by atoms with Crippen LogP contribution in [0.3, 0.4) is 0 Å². The molecule has 1 aromatic heterocycles. The van der Waals surface area contributed by atoms with Crippen LogP contribution < -0.4 is 5.32 Å². The molecular formula is C22H18N2O2. The number of carbonyl (C=O) groups excluding carboxylic acids is 1. The zero-order valence-corrected chi connectivity index (χ0v) is 14.6. The number of fused-ring (bicyclic) bond motifs is 1. The molecule has 0 atom stereocenters. The second kappa shape index (κ2) is 6.48. The number of benzene rings is 3. The SMILES string of the molecule is Cc1cccc(C(=O)Nc2cccc(-c3nc4c(C)cccc4o3)c2)c1. The lowest BCUT2D eigenvalue weighted by Gasteiger charge is -2.07. The molecule has 26 heavy (non-hydrogen) atoms. The molecule has 3 aromatic carbocycles. The van der Waals surface area contributed by atoms with Gasteiger partial charge in [-0.3, -0.25) is 4.79 Å². The van der Waals surface area contributed by atoms with Crippen molar-refractivity contribution in [1.82, 2.24) is 4.98 Å². The molecule has 1 N–H and O–H groups in total. The van der Waals surface area contributed by atoms with Crippen LogP contribution >= 0.6 is 0 Å². The standard InChI is InChI=1S/C22H18N2O2/c1-14-6-3-8-16(12-14)21(25)23-18-10-5-9-17(13-18)22-24-20-15(2)7-4-11-19(20)26-22/h3-13H,1-2H3,(H,23,25). The Morgan fingerprint density at radius 2 is 1.77 bits per heavy atom. The van der Waals surface area contributed by atoms with Crippen LogP contribution in [-0.4, -0.2) is 10.9 Å². The molecule has 4 aromatic rings. The second-order valence-corrected chi connectivity index (χ2v) is 6.35. The van der Waals surface area contributed by atoms with Crippen molar-refractivity contribution in [3.63, 3.8) is 0 Å². The van der Waals surface area contributed by atoms with E-state index in [-0.39, 0.29) is 5.91 Å². The van der Waals surface area contributed by atoms with Crippen LogP contribution in [0.5, 0.6) is 0 Å². The fourth-order valence-electron chi connectivity index (χ4n) is 2.93. The molecule has 4 heteroatoms. The Morgan fingerprint density at radius 3 is 2.58 bits per heavy atom. The van der Waals surface area contributed by atoms with E-state index in [1.807, 2.05) is 74.5 Å². The minimum Gasteiger partial charge on any atom is -0.436 e. The molecule has 4 nitrogen and oxygen atoms in total. The Hall–Kier alpha value is -3.40. The fourth-order valence-corrected chi connectivity index (χ4v) is 2.93. The van der Waals surface area contributed by atoms with Gasteiger partial charge in [0.15, 0.2) is 5.58 Å². The maximum Gasteiger partial charge on any atom is 0.255 e. The Morgan fingerprint density at radius 1 is 0.962 bits per heavy atom. The van der Waals surface area contributed by atoms with Crippen LogP contribution in [0.1, 0.15) is 21.5 Å². The van der Waals surface area contributed by atoms with E-state index in [1.54, 1.807) is 6.07 Å². The lowest BCUT2D eigenvalue weighted by atomic mass is 10.1. The molecular weight excluding hydrogens is 324 g/mol. The number of anilines is 1. The van der Waals surface area contributed by atoms with Crippen molar-refractivity contribution in [1.29, 1.82) is 0 Å². The number of rotatable bonds is 3. The molecule has 0 aliphatic heterocycles. The van der Waals surface area contributed by atoms with E-state index in [9.17, 15) is 4.79 Å². The molecule has 0 saturated carbocycles. The van der Waals surface area contributed by atoms with Gasteiger partial charge in [0.2, 0.25) is 5.89 Å². The number of oxazole rings is 1. The molecule has 0 saturated heterocycles. The average molecular weight is 342 g/mol. The van der Waals surface area contributed by atoms with Crippen molar-refractivity contribution in [3.8, 4) is 11.5 Å². The van der Waals surface area contributed by atoms with Gasteiger partial charge < -0.3 is 9.73 Å². The first-order chi connectivity index (χ1) is 12.6. The third-order valence-electron chi connectivity index (χ3n) is 4.27. The largest absolute Gasteiger partial charge is 0.436 e. The summed E-state index contributed by atoms with van der Waals surface area (Å²) in [7, 11) is 0. The average Bonchev–Trinajstić information content (AvgIpc) is 3.08. The van der Waals surface area contributed by atoms with Gasteiger partial charge in [-0.25, -0.2) is 4.98 Å². The lowest BCUT2D eigenvalue weighted by Crippen LogP contribution is -2.11. The Kier molecular flexibility index (Phi) is 4.01. The van der Waals surface area contributed by atoms with E-state index in [1.165, 1.54) is 0 Å². The maximum atomic E-state index is 12.4. The zero-order chi connectivity index (χ0) is 18.1. The number of nitrogens with one attached hydrogen (secondary N) is 1. The second-order valence-electron chi connectivity index (χ2n) is 6.35. The van der Waals surface area contributed by atoms with Crippen molar-refractivity contribution in [2.24, 2.45) is 0 Å². The molecule has 0 spiro atoms. The Bertz CT molecular complexity index is 1110. The lowest BCUT2D eigenvalue weighted by molar-refractivity contribution is 0.102. The summed E-state index contributed by atoms with van der Waals surface area (Å²) in [5.74, 6) is 0.403. The van der Waals surface area contributed by atoms with Crippen LogP contribution in [-0.2, 0) is 0 Å². The molecule has 1 heterocycles. The monoisotopic (exact) mass is 342 g/mol. The van der Waals surface area contributed by atoms with Gasteiger partial charge in [-0.1, -0.05) is 35.9 Å². The van der Waals surface area contributed by atoms with Crippen molar-refractivity contribution in [3.05, 3.63) is 83.4 Å². The minimum atomic E-state index is -0.140.